The van der Waals surface area contributed by atoms with E-state index < -0.39 is 18.2 Å². The van der Waals surface area contributed by atoms with E-state index >= 15 is 0 Å². The third-order valence-electron chi connectivity index (χ3n) is 2.88. The lowest BCUT2D eigenvalue weighted by atomic mass is 10.2. The standard InChI is InChI=1S/C11H18N2O5/c1-3-13(6-9(14)12-2)10(15)7-4-5-8(18-7)11(16)17/h7-8H,3-6H2,1-2H3,(H,12,14)(H,16,17)/t7-,8+/m0/s1. The fourth-order valence-electron chi connectivity index (χ4n) is 1.80. The quantitative estimate of drug-likeness (QED) is 0.674. The van der Waals surface area contributed by atoms with Gasteiger partial charge in [0.1, 0.15) is 6.10 Å². The molecule has 0 radical (unpaired) electrons. The minimum absolute atomic E-state index is 0.0383. The summed E-state index contributed by atoms with van der Waals surface area (Å²) in [6.45, 7) is 2.09. The molecular formula is C11H18N2O5. The minimum Gasteiger partial charge on any atom is -0.479 e. The van der Waals surface area contributed by atoms with Gasteiger partial charge in [-0.05, 0) is 19.8 Å². The molecule has 0 aromatic rings. The molecule has 1 fully saturated rings. The van der Waals surface area contributed by atoms with Crippen LogP contribution in [0.5, 0.6) is 0 Å². The molecule has 1 saturated heterocycles. The normalized spacial score (nSPS) is 22.6. The minimum atomic E-state index is -1.06. The number of aliphatic carboxylic acids is 1. The largest absolute Gasteiger partial charge is 0.479 e. The van der Waals surface area contributed by atoms with Crippen LogP contribution in [0.3, 0.4) is 0 Å². The second-order valence-corrected chi connectivity index (χ2v) is 4.05. The van der Waals surface area contributed by atoms with Crippen molar-refractivity contribution < 1.29 is 24.2 Å². The van der Waals surface area contributed by atoms with Crippen LogP contribution in [0.2, 0.25) is 0 Å². The first-order valence-electron chi connectivity index (χ1n) is 5.87. The number of rotatable bonds is 5. The molecule has 0 spiro atoms. The van der Waals surface area contributed by atoms with Gasteiger partial charge in [-0.25, -0.2) is 4.79 Å². The molecule has 0 bridgehead atoms. The van der Waals surface area contributed by atoms with Crippen molar-refractivity contribution >= 4 is 17.8 Å². The lowest BCUT2D eigenvalue weighted by Crippen LogP contribution is -2.44. The number of amides is 2. The van der Waals surface area contributed by atoms with E-state index in [4.69, 9.17) is 9.84 Å². The van der Waals surface area contributed by atoms with Gasteiger partial charge in [-0.1, -0.05) is 0 Å². The molecule has 0 aromatic heterocycles. The predicted molar refractivity (Wildman–Crippen MR) is 61.9 cm³/mol. The van der Waals surface area contributed by atoms with Crippen molar-refractivity contribution in [1.29, 1.82) is 0 Å². The predicted octanol–water partition coefficient (Wildman–Crippen LogP) is -0.787. The summed E-state index contributed by atoms with van der Waals surface area (Å²) in [5, 5.41) is 11.2. The number of hydrogen-bond acceptors (Lipinski definition) is 4. The van der Waals surface area contributed by atoms with E-state index in [2.05, 4.69) is 5.32 Å². The highest BCUT2D eigenvalue weighted by molar-refractivity contribution is 5.87. The van der Waals surface area contributed by atoms with Gasteiger partial charge in [-0.15, -0.1) is 0 Å². The third kappa shape index (κ3) is 3.43. The summed E-state index contributed by atoms with van der Waals surface area (Å²) in [5.41, 5.74) is 0. The topological polar surface area (TPSA) is 95.9 Å². The summed E-state index contributed by atoms with van der Waals surface area (Å²) >= 11 is 0. The Balaban J connectivity index is 2.57. The van der Waals surface area contributed by atoms with E-state index in [9.17, 15) is 14.4 Å². The van der Waals surface area contributed by atoms with Gasteiger partial charge < -0.3 is 20.1 Å². The van der Waals surface area contributed by atoms with E-state index in [1.807, 2.05) is 0 Å². The molecule has 2 amide bonds. The van der Waals surface area contributed by atoms with Crippen LogP contribution in [0, 0.1) is 0 Å². The van der Waals surface area contributed by atoms with Crippen molar-refractivity contribution in [3.05, 3.63) is 0 Å². The third-order valence-corrected chi connectivity index (χ3v) is 2.88. The van der Waals surface area contributed by atoms with Gasteiger partial charge in [0.05, 0.1) is 6.54 Å². The Labute approximate surface area is 105 Å². The van der Waals surface area contributed by atoms with Crippen LogP contribution >= 0.6 is 0 Å². The van der Waals surface area contributed by atoms with E-state index in [1.165, 1.54) is 11.9 Å². The summed E-state index contributed by atoms with van der Waals surface area (Å²) in [6.07, 6.45) is -0.975. The molecule has 0 aliphatic carbocycles. The molecule has 7 nitrogen and oxygen atoms in total. The van der Waals surface area contributed by atoms with Gasteiger partial charge >= 0.3 is 5.97 Å². The highest BCUT2D eigenvalue weighted by Gasteiger charge is 2.36. The zero-order chi connectivity index (χ0) is 13.7. The summed E-state index contributed by atoms with van der Waals surface area (Å²) in [4.78, 5) is 35.3. The van der Waals surface area contributed by atoms with Crippen LogP contribution in [0.15, 0.2) is 0 Å². The maximum absolute atomic E-state index is 12.0. The molecule has 7 heteroatoms. The number of nitrogens with one attached hydrogen (secondary N) is 1. The van der Waals surface area contributed by atoms with E-state index in [-0.39, 0.29) is 18.4 Å². The number of likely N-dealkylation sites (N-methyl/N-ethyl adjacent to an activating group) is 2. The van der Waals surface area contributed by atoms with Crippen molar-refractivity contribution in [2.45, 2.75) is 32.0 Å². The van der Waals surface area contributed by atoms with Crippen molar-refractivity contribution in [2.75, 3.05) is 20.1 Å². The van der Waals surface area contributed by atoms with Crippen LogP contribution < -0.4 is 5.32 Å². The maximum atomic E-state index is 12.0. The van der Waals surface area contributed by atoms with E-state index in [1.54, 1.807) is 6.92 Å². The highest BCUT2D eigenvalue weighted by Crippen LogP contribution is 2.21. The number of carbonyl (C=O) groups is 3. The Kier molecular flexibility index (Phi) is 5.08. The summed E-state index contributed by atoms with van der Waals surface area (Å²) in [6, 6.07) is 0. The first kappa shape index (κ1) is 14.4. The summed E-state index contributed by atoms with van der Waals surface area (Å²) in [5.74, 6) is -1.65. The molecule has 1 aliphatic rings. The average Bonchev–Trinajstić information content (AvgIpc) is 2.84. The zero-order valence-corrected chi connectivity index (χ0v) is 10.5. The van der Waals surface area contributed by atoms with E-state index in [0.717, 1.165) is 0 Å². The molecule has 0 unspecified atom stereocenters. The molecule has 1 heterocycles. The first-order valence-corrected chi connectivity index (χ1v) is 5.87. The number of ether oxygens (including phenoxy) is 1. The van der Waals surface area contributed by atoms with Gasteiger partial charge in [-0.3, -0.25) is 9.59 Å². The maximum Gasteiger partial charge on any atom is 0.332 e. The van der Waals surface area contributed by atoms with Gasteiger partial charge in [0.25, 0.3) is 5.91 Å². The van der Waals surface area contributed by atoms with Gasteiger partial charge in [0, 0.05) is 13.6 Å². The van der Waals surface area contributed by atoms with Crippen LogP contribution in [0.25, 0.3) is 0 Å². The van der Waals surface area contributed by atoms with Crippen molar-refractivity contribution in [2.24, 2.45) is 0 Å². The SMILES string of the molecule is CCN(CC(=O)NC)C(=O)[C@@H]1CC[C@H](C(=O)O)O1. The van der Waals surface area contributed by atoms with Crippen LogP contribution in [0.4, 0.5) is 0 Å². The second kappa shape index (κ2) is 6.34. The van der Waals surface area contributed by atoms with Gasteiger partial charge in [-0.2, -0.15) is 0 Å². The Morgan fingerprint density at radius 1 is 1.33 bits per heavy atom. The molecule has 0 aromatic carbocycles. The molecule has 2 atom stereocenters. The Hall–Kier alpha value is -1.63. The first-order chi connectivity index (χ1) is 8.49. The smallest absolute Gasteiger partial charge is 0.332 e. The Morgan fingerprint density at radius 3 is 2.39 bits per heavy atom. The Bertz CT molecular complexity index is 344. The molecule has 1 rings (SSSR count). The number of carboxylic acid groups (broad SMARTS) is 1. The molecule has 102 valence electrons. The van der Waals surface area contributed by atoms with Crippen molar-refractivity contribution in [1.82, 2.24) is 10.2 Å². The molecular weight excluding hydrogens is 240 g/mol. The van der Waals surface area contributed by atoms with Crippen LogP contribution in [-0.4, -0.2) is 60.1 Å². The fraction of sp³-hybridized carbons (Fsp3) is 0.727. The van der Waals surface area contributed by atoms with Crippen molar-refractivity contribution in [3.63, 3.8) is 0 Å². The number of carbonyl (C=O) groups excluding carboxylic acids is 2. The van der Waals surface area contributed by atoms with Crippen LogP contribution in [-0.2, 0) is 19.1 Å². The fourth-order valence-corrected chi connectivity index (χ4v) is 1.80. The zero-order valence-electron chi connectivity index (χ0n) is 10.5. The van der Waals surface area contributed by atoms with Crippen molar-refractivity contribution in [3.8, 4) is 0 Å². The monoisotopic (exact) mass is 258 g/mol. The van der Waals surface area contributed by atoms with E-state index in [0.29, 0.717) is 19.4 Å². The van der Waals surface area contributed by atoms with Gasteiger partial charge in [0.2, 0.25) is 5.91 Å². The summed E-state index contributed by atoms with van der Waals surface area (Å²) in [7, 11) is 1.49. The number of nitrogens with zero attached hydrogens (tertiary/aromatic N) is 1. The lowest BCUT2D eigenvalue weighted by Gasteiger charge is -2.23. The number of carboxylic acids is 1. The number of hydrogen-bond donors (Lipinski definition) is 2. The Morgan fingerprint density at radius 2 is 1.94 bits per heavy atom. The highest BCUT2D eigenvalue weighted by atomic mass is 16.5. The molecule has 2 N–H and O–H groups in total. The second-order valence-electron chi connectivity index (χ2n) is 4.05. The molecule has 0 saturated carbocycles. The lowest BCUT2D eigenvalue weighted by molar-refractivity contribution is -0.155. The van der Waals surface area contributed by atoms with Crippen LogP contribution in [0.1, 0.15) is 19.8 Å². The van der Waals surface area contributed by atoms with Gasteiger partial charge in [0.15, 0.2) is 6.10 Å². The summed E-state index contributed by atoms with van der Waals surface area (Å²) < 4.78 is 5.16. The molecule has 18 heavy (non-hydrogen) atoms. The molecule has 1 aliphatic heterocycles. The average molecular weight is 258 g/mol.